The van der Waals surface area contributed by atoms with E-state index in [0.717, 1.165) is 0 Å². The Bertz CT molecular complexity index is 738. The molecule has 2 rings (SSSR count). The number of hydrogen-bond donors (Lipinski definition) is 3. The molecule has 0 spiro atoms. The van der Waals surface area contributed by atoms with Crippen LogP contribution in [0, 0.1) is 0 Å². The van der Waals surface area contributed by atoms with Crippen molar-refractivity contribution < 1.29 is 20.1 Å². The minimum atomic E-state index is -1.15. The molecular formula is C15H10Cl2O4. The molecule has 0 aromatic heterocycles. The highest BCUT2D eigenvalue weighted by atomic mass is 35.5. The molecule has 2 aromatic rings. The maximum Gasteiger partial charge on any atom is 0.336 e. The number of carbonyl (C=O) groups is 1. The van der Waals surface area contributed by atoms with Gasteiger partial charge in [-0.3, -0.25) is 0 Å². The zero-order valence-corrected chi connectivity index (χ0v) is 12.1. The molecule has 0 bridgehead atoms. The van der Waals surface area contributed by atoms with Crippen LogP contribution in [0.3, 0.4) is 0 Å². The van der Waals surface area contributed by atoms with Crippen molar-refractivity contribution in [3.63, 3.8) is 0 Å². The molecule has 0 atom stereocenters. The fourth-order valence-corrected chi connectivity index (χ4v) is 2.03. The van der Waals surface area contributed by atoms with Gasteiger partial charge < -0.3 is 15.3 Å². The Morgan fingerprint density at radius 3 is 2.24 bits per heavy atom. The number of halogens is 2. The average Bonchev–Trinajstić information content (AvgIpc) is 2.43. The van der Waals surface area contributed by atoms with E-state index < -0.39 is 5.97 Å². The molecule has 4 nitrogen and oxygen atoms in total. The summed E-state index contributed by atoms with van der Waals surface area (Å²) < 4.78 is 0. The van der Waals surface area contributed by atoms with E-state index in [1.165, 1.54) is 42.5 Å². The van der Waals surface area contributed by atoms with Gasteiger partial charge in [0.25, 0.3) is 0 Å². The summed E-state index contributed by atoms with van der Waals surface area (Å²) >= 11 is 11.7. The van der Waals surface area contributed by atoms with Gasteiger partial charge in [0.2, 0.25) is 0 Å². The van der Waals surface area contributed by atoms with E-state index in [1.807, 2.05) is 0 Å². The van der Waals surface area contributed by atoms with Crippen LogP contribution >= 0.6 is 23.2 Å². The highest BCUT2D eigenvalue weighted by Crippen LogP contribution is 2.30. The summed E-state index contributed by atoms with van der Waals surface area (Å²) in [6.45, 7) is 0. The number of benzene rings is 2. The van der Waals surface area contributed by atoms with Gasteiger partial charge in [-0.2, -0.15) is 0 Å². The first-order valence-electron chi connectivity index (χ1n) is 5.81. The molecular weight excluding hydrogens is 315 g/mol. The largest absolute Gasteiger partial charge is 0.504 e. The molecule has 0 radical (unpaired) electrons. The Balaban J connectivity index is 2.51. The molecule has 0 amide bonds. The topological polar surface area (TPSA) is 77.8 Å². The van der Waals surface area contributed by atoms with Crippen LogP contribution in [0.1, 0.15) is 11.1 Å². The number of phenolic OH excluding ortho intramolecular Hbond substituents is 2. The van der Waals surface area contributed by atoms with E-state index in [0.29, 0.717) is 16.1 Å². The number of carboxylic acid groups (broad SMARTS) is 1. The first kappa shape index (κ1) is 15.2. The Hall–Kier alpha value is -2.17. The van der Waals surface area contributed by atoms with E-state index in [-0.39, 0.29) is 22.1 Å². The van der Waals surface area contributed by atoms with Crippen molar-refractivity contribution in [1.29, 1.82) is 0 Å². The molecule has 2 aromatic carbocycles. The molecule has 6 heteroatoms. The Kier molecular flexibility index (Phi) is 4.40. The standard InChI is InChI=1S/C15H10Cl2O4/c16-11-3-2-9(7-12(11)17)10(15(20)21)5-8-1-4-13(18)14(19)6-8/h1-7,18-19H,(H,20,21). The predicted octanol–water partition coefficient (Wildman–Crippen LogP) is 4.03. The summed E-state index contributed by atoms with van der Waals surface area (Å²) in [4.78, 5) is 11.4. The Morgan fingerprint density at radius 2 is 1.67 bits per heavy atom. The zero-order chi connectivity index (χ0) is 15.6. The molecule has 0 saturated carbocycles. The van der Waals surface area contributed by atoms with E-state index in [9.17, 15) is 20.1 Å². The minimum Gasteiger partial charge on any atom is -0.504 e. The van der Waals surface area contributed by atoms with Crippen molar-refractivity contribution in [1.82, 2.24) is 0 Å². The third-order valence-electron chi connectivity index (χ3n) is 2.77. The van der Waals surface area contributed by atoms with Crippen molar-refractivity contribution in [3.8, 4) is 11.5 Å². The van der Waals surface area contributed by atoms with Gasteiger partial charge >= 0.3 is 5.97 Å². The number of phenols is 2. The van der Waals surface area contributed by atoms with Gasteiger partial charge in [-0.1, -0.05) is 35.3 Å². The lowest BCUT2D eigenvalue weighted by molar-refractivity contribution is -0.130. The highest BCUT2D eigenvalue weighted by molar-refractivity contribution is 6.42. The van der Waals surface area contributed by atoms with Gasteiger partial charge in [-0.05, 0) is 41.5 Å². The van der Waals surface area contributed by atoms with Crippen molar-refractivity contribution in [2.24, 2.45) is 0 Å². The summed E-state index contributed by atoms with van der Waals surface area (Å²) in [6, 6.07) is 8.50. The first-order valence-corrected chi connectivity index (χ1v) is 6.56. The number of aromatic hydroxyl groups is 2. The smallest absolute Gasteiger partial charge is 0.336 e. The van der Waals surface area contributed by atoms with Gasteiger partial charge in [0, 0.05) is 0 Å². The van der Waals surface area contributed by atoms with Gasteiger partial charge in [0.1, 0.15) is 0 Å². The van der Waals surface area contributed by atoms with Gasteiger partial charge in [-0.25, -0.2) is 4.79 Å². The summed E-state index contributed by atoms with van der Waals surface area (Å²) in [5.74, 6) is -1.76. The fourth-order valence-electron chi connectivity index (χ4n) is 1.73. The molecule has 3 N–H and O–H groups in total. The third kappa shape index (κ3) is 3.48. The lowest BCUT2D eigenvalue weighted by Crippen LogP contribution is -1.99. The summed E-state index contributed by atoms with van der Waals surface area (Å²) in [6.07, 6.45) is 1.36. The van der Waals surface area contributed by atoms with Crippen LogP contribution < -0.4 is 0 Å². The van der Waals surface area contributed by atoms with Crippen molar-refractivity contribution in [2.75, 3.05) is 0 Å². The number of aliphatic carboxylic acids is 1. The molecule has 21 heavy (non-hydrogen) atoms. The fraction of sp³-hybridized carbons (Fsp3) is 0. The quantitative estimate of drug-likeness (QED) is 0.452. The van der Waals surface area contributed by atoms with E-state index >= 15 is 0 Å². The maximum absolute atomic E-state index is 11.4. The van der Waals surface area contributed by atoms with Gasteiger partial charge in [0.05, 0.1) is 15.6 Å². The van der Waals surface area contributed by atoms with Crippen LogP contribution in [0.2, 0.25) is 10.0 Å². The van der Waals surface area contributed by atoms with Crippen LogP contribution in [0.25, 0.3) is 11.6 Å². The summed E-state index contributed by atoms with van der Waals surface area (Å²) in [7, 11) is 0. The molecule has 0 fully saturated rings. The molecule has 0 aliphatic rings. The van der Waals surface area contributed by atoms with Crippen molar-refractivity contribution in [2.45, 2.75) is 0 Å². The first-order chi connectivity index (χ1) is 9.88. The third-order valence-corrected chi connectivity index (χ3v) is 3.51. The number of carboxylic acids is 1. The molecule has 108 valence electrons. The molecule has 0 aliphatic carbocycles. The molecule has 0 unspecified atom stereocenters. The second-order valence-electron chi connectivity index (χ2n) is 4.24. The predicted molar refractivity (Wildman–Crippen MR) is 81.7 cm³/mol. The monoisotopic (exact) mass is 324 g/mol. The van der Waals surface area contributed by atoms with E-state index in [4.69, 9.17) is 23.2 Å². The Morgan fingerprint density at radius 1 is 0.952 bits per heavy atom. The average molecular weight is 325 g/mol. The lowest BCUT2D eigenvalue weighted by atomic mass is 10.0. The minimum absolute atomic E-state index is 0.0151. The second-order valence-corrected chi connectivity index (χ2v) is 5.05. The summed E-state index contributed by atoms with van der Waals surface area (Å²) in [5, 5.41) is 28.6. The Labute approximate surface area is 130 Å². The van der Waals surface area contributed by atoms with E-state index in [2.05, 4.69) is 0 Å². The van der Waals surface area contributed by atoms with Crippen LogP contribution in [-0.2, 0) is 4.79 Å². The van der Waals surface area contributed by atoms with Crippen LogP contribution in [0.15, 0.2) is 36.4 Å². The highest BCUT2D eigenvalue weighted by Gasteiger charge is 2.12. The number of hydrogen-bond acceptors (Lipinski definition) is 3. The van der Waals surface area contributed by atoms with Crippen LogP contribution in [0.5, 0.6) is 11.5 Å². The summed E-state index contributed by atoms with van der Waals surface area (Å²) in [5.41, 5.74) is 0.789. The van der Waals surface area contributed by atoms with Gasteiger partial charge in [-0.15, -0.1) is 0 Å². The lowest BCUT2D eigenvalue weighted by Gasteiger charge is -2.06. The molecule has 0 saturated heterocycles. The SMILES string of the molecule is O=C(O)C(=Cc1ccc(O)c(O)c1)c1ccc(Cl)c(Cl)c1. The maximum atomic E-state index is 11.4. The molecule has 0 aliphatic heterocycles. The van der Waals surface area contributed by atoms with Crippen LogP contribution in [0.4, 0.5) is 0 Å². The zero-order valence-electron chi connectivity index (χ0n) is 10.5. The van der Waals surface area contributed by atoms with Crippen LogP contribution in [-0.4, -0.2) is 21.3 Å². The van der Waals surface area contributed by atoms with E-state index in [1.54, 1.807) is 0 Å². The normalized spacial score (nSPS) is 11.4. The van der Waals surface area contributed by atoms with Crippen molar-refractivity contribution in [3.05, 3.63) is 57.6 Å². The van der Waals surface area contributed by atoms with Gasteiger partial charge in [0.15, 0.2) is 11.5 Å². The van der Waals surface area contributed by atoms with Crippen molar-refractivity contribution >= 4 is 40.8 Å². The number of rotatable bonds is 3. The molecule has 0 heterocycles. The second kappa shape index (κ2) is 6.08.